The highest BCUT2D eigenvalue weighted by atomic mass is 15.1. The van der Waals surface area contributed by atoms with Crippen LogP contribution in [0.25, 0.3) is 16.5 Å². The number of likely N-dealkylation sites (tertiary alicyclic amines) is 1. The van der Waals surface area contributed by atoms with Crippen molar-refractivity contribution in [2.45, 2.75) is 25.3 Å². The molecule has 0 spiro atoms. The van der Waals surface area contributed by atoms with Gasteiger partial charge in [-0.25, -0.2) is 9.97 Å². The second kappa shape index (κ2) is 6.74. The molecule has 0 unspecified atom stereocenters. The van der Waals surface area contributed by atoms with Gasteiger partial charge in [-0.05, 0) is 62.3 Å². The van der Waals surface area contributed by atoms with Crippen LogP contribution in [-0.4, -0.2) is 46.0 Å². The molecule has 27 heavy (non-hydrogen) atoms. The Labute approximate surface area is 159 Å². The highest BCUT2D eigenvalue weighted by Crippen LogP contribution is 2.33. The van der Waals surface area contributed by atoms with E-state index in [1.54, 1.807) is 6.33 Å². The van der Waals surface area contributed by atoms with E-state index >= 15 is 0 Å². The SMILES string of the molecule is CN1CCC(Nc2ncnc3ccc(C4=CCc5ncccc54)cc23)CC1. The first kappa shape index (κ1) is 16.4. The number of nitrogens with one attached hydrogen (secondary N) is 1. The first-order valence-corrected chi connectivity index (χ1v) is 9.62. The highest BCUT2D eigenvalue weighted by Gasteiger charge is 2.19. The molecule has 1 aromatic carbocycles. The lowest BCUT2D eigenvalue weighted by Crippen LogP contribution is -2.36. The Morgan fingerprint density at radius 2 is 1.96 bits per heavy atom. The van der Waals surface area contributed by atoms with Gasteiger partial charge >= 0.3 is 0 Å². The molecule has 1 N–H and O–H groups in total. The fourth-order valence-electron chi connectivity index (χ4n) is 4.11. The minimum absolute atomic E-state index is 0.471. The van der Waals surface area contributed by atoms with E-state index in [-0.39, 0.29) is 0 Å². The largest absolute Gasteiger partial charge is 0.367 e. The number of hydrogen-bond acceptors (Lipinski definition) is 5. The molecule has 0 bridgehead atoms. The average molecular weight is 357 g/mol. The maximum absolute atomic E-state index is 4.56. The van der Waals surface area contributed by atoms with Gasteiger partial charge in [-0.15, -0.1) is 0 Å². The molecule has 0 saturated carbocycles. The normalized spacial score (nSPS) is 17.7. The van der Waals surface area contributed by atoms with Gasteiger partial charge in [0.15, 0.2) is 0 Å². The molecule has 136 valence electrons. The number of aromatic nitrogens is 3. The van der Waals surface area contributed by atoms with Crippen molar-refractivity contribution in [1.29, 1.82) is 0 Å². The number of hydrogen-bond donors (Lipinski definition) is 1. The number of pyridine rings is 1. The van der Waals surface area contributed by atoms with Crippen LogP contribution in [-0.2, 0) is 6.42 Å². The summed E-state index contributed by atoms with van der Waals surface area (Å²) in [5, 5.41) is 4.76. The zero-order chi connectivity index (χ0) is 18.2. The number of anilines is 1. The maximum atomic E-state index is 4.56. The topological polar surface area (TPSA) is 53.9 Å². The van der Waals surface area contributed by atoms with Crippen molar-refractivity contribution < 1.29 is 0 Å². The lowest BCUT2D eigenvalue weighted by atomic mass is 9.99. The molecular weight excluding hydrogens is 334 g/mol. The molecule has 1 saturated heterocycles. The summed E-state index contributed by atoms with van der Waals surface area (Å²) in [5.74, 6) is 0.946. The molecule has 1 fully saturated rings. The molecule has 2 aromatic heterocycles. The van der Waals surface area contributed by atoms with Gasteiger partial charge in [0, 0.05) is 29.6 Å². The second-order valence-electron chi connectivity index (χ2n) is 7.50. The third-order valence-electron chi connectivity index (χ3n) is 5.69. The summed E-state index contributed by atoms with van der Waals surface area (Å²) >= 11 is 0. The minimum atomic E-state index is 0.471. The highest BCUT2D eigenvalue weighted by molar-refractivity contribution is 5.94. The van der Waals surface area contributed by atoms with Crippen LogP contribution in [0.3, 0.4) is 0 Å². The Balaban J connectivity index is 1.50. The van der Waals surface area contributed by atoms with E-state index in [1.807, 2.05) is 12.3 Å². The summed E-state index contributed by atoms with van der Waals surface area (Å²) in [6.45, 7) is 2.26. The van der Waals surface area contributed by atoms with E-state index in [4.69, 9.17) is 0 Å². The third-order valence-corrected chi connectivity index (χ3v) is 5.69. The number of allylic oxidation sites excluding steroid dienone is 1. The number of rotatable bonds is 3. The first-order chi connectivity index (χ1) is 13.3. The van der Waals surface area contributed by atoms with E-state index in [1.165, 1.54) is 16.7 Å². The van der Waals surface area contributed by atoms with Crippen molar-refractivity contribution in [1.82, 2.24) is 19.9 Å². The third kappa shape index (κ3) is 3.08. The Hall–Kier alpha value is -2.79. The Bertz CT molecular complexity index is 1020. The predicted octanol–water partition coefficient (Wildman–Crippen LogP) is 3.52. The molecule has 5 rings (SSSR count). The number of nitrogens with zero attached hydrogens (tertiary/aromatic N) is 4. The summed E-state index contributed by atoms with van der Waals surface area (Å²) in [6.07, 6.45) is 8.99. The molecule has 3 heterocycles. The maximum Gasteiger partial charge on any atom is 0.137 e. The lowest BCUT2D eigenvalue weighted by Gasteiger charge is -2.30. The van der Waals surface area contributed by atoms with Crippen molar-refractivity contribution in [2.24, 2.45) is 0 Å². The van der Waals surface area contributed by atoms with Crippen molar-refractivity contribution in [2.75, 3.05) is 25.5 Å². The van der Waals surface area contributed by atoms with Crippen LogP contribution in [0.15, 0.2) is 48.9 Å². The van der Waals surface area contributed by atoms with E-state index in [9.17, 15) is 0 Å². The molecule has 0 atom stereocenters. The molecule has 0 amide bonds. The lowest BCUT2D eigenvalue weighted by molar-refractivity contribution is 0.264. The monoisotopic (exact) mass is 357 g/mol. The van der Waals surface area contributed by atoms with Gasteiger partial charge in [-0.2, -0.15) is 0 Å². The molecular formula is C22H23N5. The molecule has 1 aliphatic carbocycles. The van der Waals surface area contributed by atoms with Crippen LogP contribution < -0.4 is 5.32 Å². The summed E-state index contributed by atoms with van der Waals surface area (Å²) in [5.41, 5.74) is 5.83. The van der Waals surface area contributed by atoms with Crippen LogP contribution in [0.1, 0.15) is 29.7 Å². The van der Waals surface area contributed by atoms with E-state index in [0.717, 1.165) is 54.8 Å². The van der Waals surface area contributed by atoms with Gasteiger partial charge in [0.1, 0.15) is 12.1 Å². The van der Waals surface area contributed by atoms with Gasteiger partial charge < -0.3 is 10.2 Å². The van der Waals surface area contributed by atoms with E-state index < -0.39 is 0 Å². The second-order valence-corrected chi connectivity index (χ2v) is 7.50. The Kier molecular flexibility index (Phi) is 4.09. The summed E-state index contributed by atoms with van der Waals surface area (Å²) in [6, 6.07) is 11.1. The van der Waals surface area contributed by atoms with Crippen LogP contribution in [0.2, 0.25) is 0 Å². The van der Waals surface area contributed by atoms with Crippen molar-refractivity contribution in [3.8, 4) is 0 Å². The smallest absolute Gasteiger partial charge is 0.137 e. The molecule has 5 heteroatoms. The summed E-state index contributed by atoms with van der Waals surface area (Å²) < 4.78 is 0. The van der Waals surface area contributed by atoms with Gasteiger partial charge in [-0.3, -0.25) is 4.98 Å². The summed E-state index contributed by atoms with van der Waals surface area (Å²) in [7, 11) is 2.19. The standard InChI is InChI=1S/C22H23N5/c1-27-11-8-16(9-12-27)26-22-19-13-15(4-6-21(19)24-14-25-22)17-5-7-20-18(17)3-2-10-23-20/h2-6,10,13-14,16H,7-9,11-12H2,1H3,(H,24,25,26). The molecule has 3 aromatic rings. The first-order valence-electron chi connectivity index (χ1n) is 9.62. The van der Waals surface area contributed by atoms with Crippen LogP contribution >= 0.6 is 0 Å². The van der Waals surface area contributed by atoms with Gasteiger partial charge in [0.2, 0.25) is 0 Å². The molecule has 2 aliphatic rings. The fraction of sp³-hybridized carbons (Fsp3) is 0.318. The zero-order valence-electron chi connectivity index (χ0n) is 15.5. The minimum Gasteiger partial charge on any atom is -0.367 e. The number of benzene rings is 1. The van der Waals surface area contributed by atoms with Crippen molar-refractivity contribution in [3.05, 3.63) is 65.8 Å². The quantitative estimate of drug-likeness (QED) is 0.777. The molecule has 0 radical (unpaired) electrons. The van der Waals surface area contributed by atoms with Crippen molar-refractivity contribution in [3.63, 3.8) is 0 Å². The number of piperidine rings is 1. The number of fused-ring (bicyclic) bond motifs is 2. The molecule has 1 aliphatic heterocycles. The van der Waals surface area contributed by atoms with Crippen LogP contribution in [0.4, 0.5) is 5.82 Å². The van der Waals surface area contributed by atoms with Gasteiger partial charge in [0.05, 0.1) is 11.2 Å². The van der Waals surface area contributed by atoms with Crippen molar-refractivity contribution >= 4 is 22.3 Å². The van der Waals surface area contributed by atoms with Gasteiger partial charge in [-0.1, -0.05) is 18.2 Å². The Morgan fingerprint density at radius 3 is 2.85 bits per heavy atom. The summed E-state index contributed by atoms with van der Waals surface area (Å²) in [4.78, 5) is 15.9. The van der Waals surface area contributed by atoms with Crippen LogP contribution in [0, 0.1) is 0 Å². The van der Waals surface area contributed by atoms with Crippen LogP contribution in [0.5, 0.6) is 0 Å². The molecule has 5 nitrogen and oxygen atoms in total. The Morgan fingerprint density at radius 1 is 1.07 bits per heavy atom. The predicted molar refractivity (Wildman–Crippen MR) is 109 cm³/mol. The van der Waals surface area contributed by atoms with E-state index in [2.05, 4.69) is 62.6 Å². The average Bonchev–Trinajstić information content (AvgIpc) is 3.14. The van der Waals surface area contributed by atoms with Gasteiger partial charge in [0.25, 0.3) is 0 Å². The van der Waals surface area contributed by atoms with E-state index in [0.29, 0.717) is 6.04 Å². The fourth-order valence-corrected chi connectivity index (χ4v) is 4.11. The zero-order valence-corrected chi connectivity index (χ0v) is 15.5.